The first-order valence-electron chi connectivity index (χ1n) is 13.1. The van der Waals surface area contributed by atoms with Crippen LogP contribution >= 0.6 is 7.05 Å². The molecule has 0 unspecified atom stereocenters. The molecule has 31 heavy (non-hydrogen) atoms. The number of hydrogen-bond acceptors (Lipinski definition) is 1. The van der Waals surface area contributed by atoms with Crippen LogP contribution in [0.1, 0.15) is 110 Å². The van der Waals surface area contributed by atoms with Gasteiger partial charge >= 0.3 is 0 Å². The van der Waals surface area contributed by atoms with Crippen LogP contribution < -0.4 is 0 Å². The van der Waals surface area contributed by atoms with E-state index in [4.69, 9.17) is 4.74 Å². The summed E-state index contributed by atoms with van der Waals surface area (Å²) >= 11 is 0. The smallest absolute Gasteiger partial charge is 0.0425 e. The minimum Gasteiger partial charge on any atom is -0.271 e. The zero-order valence-corrected chi connectivity index (χ0v) is 22.7. The van der Waals surface area contributed by atoms with Crippen molar-refractivity contribution in [2.24, 2.45) is 4.74 Å². The maximum Gasteiger partial charge on any atom is 0.0425 e. The van der Waals surface area contributed by atoms with Crippen LogP contribution in [-0.4, -0.2) is 17.0 Å². The standard InChI is InChI=1S/C20H32NP.C8H14.Ti/c1-2-10-17(9-1)21-22(18-11-3-4-12-18,19-13-5-6-14-19)20-15-7-8-16-20;1-3-5-7-8-6-4-2;/h1-2,9,18-20H,3-8,10-16H2;3,5,7-8H,4,6H2,1-2H3;. The Morgan fingerprint density at radius 3 is 1.77 bits per heavy atom. The van der Waals surface area contributed by atoms with Crippen molar-refractivity contribution in [2.75, 3.05) is 0 Å². The van der Waals surface area contributed by atoms with E-state index in [9.17, 15) is 0 Å². The Morgan fingerprint density at radius 2 is 1.39 bits per heavy atom. The van der Waals surface area contributed by atoms with Crippen molar-refractivity contribution < 1.29 is 21.7 Å². The summed E-state index contributed by atoms with van der Waals surface area (Å²) in [4.78, 5) is 0. The second-order valence-electron chi connectivity index (χ2n) is 9.74. The largest absolute Gasteiger partial charge is 0.271 e. The Kier molecular flexibility index (Phi) is 13.1. The molecule has 4 rings (SSSR count). The number of hydrogen-bond donors (Lipinski definition) is 0. The van der Waals surface area contributed by atoms with E-state index in [-0.39, 0.29) is 21.7 Å². The molecule has 0 aromatic carbocycles. The Hall–Kier alpha value is -0.0957. The summed E-state index contributed by atoms with van der Waals surface area (Å²) in [6, 6.07) is 0. The van der Waals surface area contributed by atoms with Gasteiger partial charge in [0.25, 0.3) is 0 Å². The minimum atomic E-state index is -1.17. The quantitative estimate of drug-likeness (QED) is 0.197. The first-order valence-corrected chi connectivity index (χ1v) is 15.0. The van der Waals surface area contributed by atoms with Gasteiger partial charge in [0.2, 0.25) is 0 Å². The van der Waals surface area contributed by atoms with Gasteiger partial charge in [0.05, 0.1) is 0 Å². The molecule has 0 atom stereocenters. The van der Waals surface area contributed by atoms with Gasteiger partial charge in [-0.15, -0.1) is 0 Å². The van der Waals surface area contributed by atoms with E-state index in [0.717, 1.165) is 23.4 Å². The second kappa shape index (κ2) is 14.9. The van der Waals surface area contributed by atoms with Crippen LogP contribution in [0.5, 0.6) is 0 Å². The molecule has 0 aliphatic heterocycles. The van der Waals surface area contributed by atoms with Gasteiger partial charge < -0.3 is 0 Å². The normalized spacial score (nSPS) is 22.8. The van der Waals surface area contributed by atoms with Crippen molar-refractivity contribution in [3.8, 4) is 0 Å². The fourth-order valence-electron chi connectivity index (χ4n) is 6.28. The molecule has 1 nitrogen and oxygen atoms in total. The third-order valence-corrected chi connectivity index (χ3v) is 13.3. The third-order valence-electron chi connectivity index (χ3n) is 7.68. The van der Waals surface area contributed by atoms with Gasteiger partial charge in [0, 0.05) is 33.8 Å². The molecule has 172 valence electrons. The van der Waals surface area contributed by atoms with E-state index in [1.54, 1.807) is 0 Å². The van der Waals surface area contributed by atoms with Crippen LogP contribution in [0.15, 0.2) is 53.0 Å². The van der Waals surface area contributed by atoms with Gasteiger partial charge in [-0.1, -0.05) is 88.3 Å². The molecule has 0 spiro atoms. The van der Waals surface area contributed by atoms with Crippen LogP contribution in [0.4, 0.5) is 0 Å². The van der Waals surface area contributed by atoms with Crippen molar-refractivity contribution in [3.05, 3.63) is 48.2 Å². The maximum atomic E-state index is 5.76. The van der Waals surface area contributed by atoms with Crippen LogP contribution in [-0.2, 0) is 21.7 Å². The van der Waals surface area contributed by atoms with Gasteiger partial charge in [-0.25, -0.2) is 0 Å². The van der Waals surface area contributed by atoms with E-state index in [1.165, 1.54) is 95.6 Å². The topological polar surface area (TPSA) is 12.4 Å². The summed E-state index contributed by atoms with van der Waals surface area (Å²) < 4.78 is 5.76. The number of rotatable bonds is 7. The molecule has 3 heteroatoms. The molecule has 0 saturated heterocycles. The molecule has 3 fully saturated rings. The van der Waals surface area contributed by atoms with Crippen molar-refractivity contribution in [1.29, 1.82) is 0 Å². The molecule has 0 heterocycles. The SMILES string of the molecule is C1=CCC(N=P(C2CCCC2)(C2CCCC2)C2CCCC2)=C1.CC=CC=CCCC.[Ti]. The predicted octanol–water partition coefficient (Wildman–Crippen LogP) is 9.78. The van der Waals surface area contributed by atoms with Crippen LogP contribution in [0.3, 0.4) is 0 Å². The molecule has 0 N–H and O–H groups in total. The summed E-state index contributed by atoms with van der Waals surface area (Å²) in [5.74, 6) is 0. The molecule has 0 aromatic heterocycles. The van der Waals surface area contributed by atoms with Gasteiger partial charge in [0.15, 0.2) is 0 Å². The molecule has 0 aromatic rings. The Bertz CT molecular complexity index is 622. The first-order chi connectivity index (χ1) is 14.8. The Labute approximate surface area is 208 Å². The summed E-state index contributed by atoms with van der Waals surface area (Å²) in [6.45, 7) is 4.20. The zero-order chi connectivity index (χ0) is 21.1. The van der Waals surface area contributed by atoms with Crippen LogP contribution in [0, 0.1) is 0 Å². The molecule has 0 amide bonds. The van der Waals surface area contributed by atoms with E-state index in [0.29, 0.717) is 0 Å². The molecule has 3 saturated carbocycles. The first kappa shape index (κ1) is 27.2. The zero-order valence-electron chi connectivity index (χ0n) is 20.3. The summed E-state index contributed by atoms with van der Waals surface area (Å²) in [7, 11) is -1.17. The molecular formula is C28H46NPTi. The second-order valence-corrected chi connectivity index (χ2v) is 13.7. The fourth-order valence-corrected chi connectivity index (χ4v) is 12.7. The van der Waals surface area contributed by atoms with Crippen molar-refractivity contribution in [2.45, 2.75) is 127 Å². The van der Waals surface area contributed by atoms with Gasteiger partial charge in [-0.05, 0) is 82.0 Å². The summed E-state index contributed by atoms with van der Waals surface area (Å²) in [5.41, 5.74) is 4.44. The third kappa shape index (κ3) is 7.45. The average molecular weight is 476 g/mol. The Morgan fingerprint density at radius 1 is 0.871 bits per heavy atom. The van der Waals surface area contributed by atoms with E-state index < -0.39 is 7.05 Å². The summed E-state index contributed by atoms with van der Waals surface area (Å²) in [6.07, 6.45) is 36.7. The number of nitrogens with zero attached hydrogens (tertiary/aromatic N) is 1. The van der Waals surface area contributed by atoms with Crippen molar-refractivity contribution >= 4 is 7.05 Å². The number of allylic oxidation sites excluding steroid dienone is 7. The monoisotopic (exact) mass is 475 g/mol. The van der Waals surface area contributed by atoms with Crippen molar-refractivity contribution in [3.63, 3.8) is 0 Å². The van der Waals surface area contributed by atoms with Crippen LogP contribution in [0.25, 0.3) is 0 Å². The van der Waals surface area contributed by atoms with Crippen molar-refractivity contribution in [1.82, 2.24) is 0 Å². The minimum absolute atomic E-state index is 0. The maximum absolute atomic E-state index is 5.76. The van der Waals surface area contributed by atoms with Crippen LogP contribution in [0.2, 0.25) is 0 Å². The molecule has 4 aliphatic carbocycles. The predicted molar refractivity (Wildman–Crippen MR) is 137 cm³/mol. The summed E-state index contributed by atoms with van der Waals surface area (Å²) in [5, 5.41) is 0. The number of unbranched alkanes of at least 4 members (excludes halogenated alkanes) is 1. The van der Waals surface area contributed by atoms with E-state index in [1.807, 2.05) is 13.0 Å². The van der Waals surface area contributed by atoms with Gasteiger partial charge in [0.1, 0.15) is 0 Å². The fraction of sp³-hybridized carbons (Fsp3) is 0.714. The van der Waals surface area contributed by atoms with E-state index >= 15 is 0 Å². The Balaban J connectivity index is 0.000000329. The molecule has 0 radical (unpaired) electrons. The van der Waals surface area contributed by atoms with Gasteiger partial charge in [-0.2, -0.15) is 0 Å². The van der Waals surface area contributed by atoms with Gasteiger partial charge in [-0.3, -0.25) is 4.74 Å². The van der Waals surface area contributed by atoms with E-state index in [2.05, 4.69) is 43.4 Å². The average Bonchev–Trinajstić information content (AvgIpc) is 3.59. The molecule has 0 bridgehead atoms. The molecule has 4 aliphatic rings. The molecular weight excluding hydrogens is 429 g/mol.